The molecule has 3 rings (SSSR count). The standard InChI is InChI=1S/C20H18N4O7/c1-23-16(21)15(18(27)24(2)20(23)29)13(25)10-31-19(28)11-6-3-4-7-12(11)22-17(26)14-8-5-9-30-14/h3-9H,10,21H2,1-2H3,(H,22,26). The van der Waals surface area contributed by atoms with E-state index in [1.165, 1.54) is 44.6 Å². The monoisotopic (exact) mass is 426 g/mol. The number of ether oxygens (including phenoxy) is 1. The minimum absolute atomic E-state index is 0.0171. The third-order valence-corrected chi connectivity index (χ3v) is 4.46. The quantitative estimate of drug-likeness (QED) is 0.428. The summed E-state index contributed by atoms with van der Waals surface area (Å²) in [5, 5.41) is 2.52. The molecular formula is C20H18N4O7. The predicted octanol–water partition coefficient (Wildman–Crippen LogP) is 0.551. The fraction of sp³-hybridized carbons (Fsp3) is 0.150. The predicted molar refractivity (Wildman–Crippen MR) is 109 cm³/mol. The third kappa shape index (κ3) is 4.15. The van der Waals surface area contributed by atoms with Crippen molar-refractivity contribution in [3.63, 3.8) is 0 Å². The lowest BCUT2D eigenvalue weighted by molar-refractivity contribution is 0.0475. The number of carbonyl (C=O) groups excluding carboxylic acids is 3. The number of esters is 1. The van der Waals surface area contributed by atoms with Gasteiger partial charge in [-0.15, -0.1) is 0 Å². The third-order valence-electron chi connectivity index (χ3n) is 4.46. The number of furan rings is 1. The molecule has 0 saturated carbocycles. The summed E-state index contributed by atoms with van der Waals surface area (Å²) in [5.41, 5.74) is 3.80. The second kappa shape index (κ2) is 8.53. The van der Waals surface area contributed by atoms with Crippen molar-refractivity contribution in [2.75, 3.05) is 17.7 Å². The molecule has 0 fully saturated rings. The topological polar surface area (TPSA) is 156 Å². The Bertz CT molecular complexity index is 1290. The van der Waals surface area contributed by atoms with Crippen molar-refractivity contribution in [2.45, 2.75) is 0 Å². The molecule has 3 aromatic rings. The van der Waals surface area contributed by atoms with Crippen LogP contribution in [0.15, 0.2) is 56.7 Å². The molecule has 0 bridgehead atoms. The molecule has 1 amide bonds. The Hall–Kier alpha value is -4.41. The van der Waals surface area contributed by atoms with Crippen molar-refractivity contribution in [2.24, 2.45) is 14.1 Å². The summed E-state index contributed by atoms with van der Waals surface area (Å²) in [5.74, 6) is -2.66. The maximum absolute atomic E-state index is 12.5. The van der Waals surface area contributed by atoms with Crippen molar-refractivity contribution in [1.82, 2.24) is 9.13 Å². The normalized spacial score (nSPS) is 10.5. The Balaban J connectivity index is 1.78. The van der Waals surface area contributed by atoms with Crippen molar-refractivity contribution in [1.29, 1.82) is 0 Å². The van der Waals surface area contributed by atoms with E-state index in [0.29, 0.717) is 0 Å². The number of hydrogen-bond acceptors (Lipinski definition) is 8. The summed E-state index contributed by atoms with van der Waals surface area (Å²) >= 11 is 0. The van der Waals surface area contributed by atoms with E-state index in [2.05, 4.69) is 5.32 Å². The molecule has 0 aliphatic heterocycles. The summed E-state index contributed by atoms with van der Waals surface area (Å²) in [6, 6.07) is 8.99. The molecular weight excluding hydrogens is 408 g/mol. The van der Waals surface area contributed by atoms with Gasteiger partial charge in [0.2, 0.25) is 5.78 Å². The van der Waals surface area contributed by atoms with Gasteiger partial charge in [0.05, 0.1) is 17.5 Å². The van der Waals surface area contributed by atoms with E-state index >= 15 is 0 Å². The lowest BCUT2D eigenvalue weighted by atomic mass is 10.1. The highest BCUT2D eigenvalue weighted by Gasteiger charge is 2.23. The molecule has 0 aliphatic rings. The van der Waals surface area contributed by atoms with Gasteiger partial charge in [-0.05, 0) is 24.3 Å². The second-order valence-electron chi connectivity index (χ2n) is 6.44. The molecule has 160 valence electrons. The van der Waals surface area contributed by atoms with Gasteiger partial charge in [-0.1, -0.05) is 12.1 Å². The summed E-state index contributed by atoms with van der Waals surface area (Å²) in [6.07, 6.45) is 1.33. The number of hydrogen-bond donors (Lipinski definition) is 2. The number of nitrogens with two attached hydrogens (primary N) is 1. The molecule has 0 spiro atoms. The Morgan fingerprint density at radius 2 is 1.77 bits per heavy atom. The van der Waals surface area contributed by atoms with Crippen LogP contribution < -0.4 is 22.3 Å². The number of Topliss-reactive ketones (excluding diaryl/α,β-unsaturated/α-hetero) is 1. The summed E-state index contributed by atoms with van der Waals surface area (Å²) in [6.45, 7) is -0.795. The van der Waals surface area contributed by atoms with Crippen LogP contribution in [0.1, 0.15) is 31.3 Å². The first-order valence-electron chi connectivity index (χ1n) is 8.92. The second-order valence-corrected chi connectivity index (χ2v) is 6.44. The molecule has 31 heavy (non-hydrogen) atoms. The largest absolute Gasteiger partial charge is 0.459 e. The number of nitrogen functional groups attached to an aromatic ring is 1. The van der Waals surface area contributed by atoms with Crippen LogP contribution >= 0.6 is 0 Å². The molecule has 11 nitrogen and oxygen atoms in total. The smallest absolute Gasteiger partial charge is 0.340 e. The number of carbonyl (C=O) groups is 3. The number of aromatic nitrogens is 2. The number of benzene rings is 1. The first kappa shape index (κ1) is 21.3. The van der Waals surface area contributed by atoms with Gasteiger partial charge in [0, 0.05) is 14.1 Å². The van der Waals surface area contributed by atoms with Gasteiger partial charge in [0.15, 0.2) is 12.4 Å². The molecule has 11 heteroatoms. The van der Waals surface area contributed by atoms with Gasteiger partial charge >= 0.3 is 11.7 Å². The van der Waals surface area contributed by atoms with Crippen molar-refractivity contribution < 1.29 is 23.5 Å². The fourth-order valence-corrected chi connectivity index (χ4v) is 2.76. The minimum atomic E-state index is -0.913. The van der Waals surface area contributed by atoms with Gasteiger partial charge in [0.1, 0.15) is 11.4 Å². The van der Waals surface area contributed by atoms with Gasteiger partial charge in [-0.3, -0.25) is 23.5 Å². The van der Waals surface area contributed by atoms with E-state index in [9.17, 15) is 24.0 Å². The van der Waals surface area contributed by atoms with E-state index in [-0.39, 0.29) is 22.8 Å². The number of ketones is 1. The number of anilines is 2. The molecule has 2 heterocycles. The average molecular weight is 426 g/mol. The Morgan fingerprint density at radius 1 is 1.06 bits per heavy atom. The van der Waals surface area contributed by atoms with Crippen LogP contribution in [-0.4, -0.2) is 33.4 Å². The summed E-state index contributed by atoms with van der Waals surface area (Å²) < 4.78 is 11.7. The zero-order chi connectivity index (χ0) is 22.7. The van der Waals surface area contributed by atoms with Crippen molar-refractivity contribution in [3.8, 4) is 0 Å². The molecule has 0 unspecified atom stereocenters. The summed E-state index contributed by atoms with van der Waals surface area (Å²) in [4.78, 5) is 61.3. The summed E-state index contributed by atoms with van der Waals surface area (Å²) in [7, 11) is 2.50. The maximum Gasteiger partial charge on any atom is 0.340 e. The van der Waals surface area contributed by atoms with E-state index in [0.717, 1.165) is 9.13 Å². The average Bonchev–Trinajstić information content (AvgIpc) is 3.30. The van der Waals surface area contributed by atoms with Crippen molar-refractivity contribution in [3.05, 3.63) is 80.4 Å². The molecule has 0 radical (unpaired) electrons. The van der Waals surface area contributed by atoms with E-state index in [1.54, 1.807) is 12.1 Å². The molecule has 3 N–H and O–H groups in total. The highest BCUT2D eigenvalue weighted by Crippen LogP contribution is 2.18. The van der Waals surface area contributed by atoms with E-state index in [4.69, 9.17) is 14.9 Å². The van der Waals surface area contributed by atoms with Crippen LogP contribution in [0.4, 0.5) is 11.5 Å². The SMILES string of the molecule is Cn1c(N)c(C(=O)COC(=O)c2ccccc2NC(=O)c2ccco2)c(=O)n(C)c1=O. The highest BCUT2D eigenvalue weighted by molar-refractivity contribution is 6.07. The highest BCUT2D eigenvalue weighted by atomic mass is 16.5. The number of nitrogens with one attached hydrogen (secondary N) is 1. The Morgan fingerprint density at radius 3 is 2.45 bits per heavy atom. The van der Waals surface area contributed by atoms with Crippen LogP contribution in [-0.2, 0) is 18.8 Å². The number of nitrogens with zero attached hydrogens (tertiary/aromatic N) is 2. The van der Waals surface area contributed by atoms with Crippen LogP contribution in [0.2, 0.25) is 0 Å². The number of amides is 1. The lowest BCUT2D eigenvalue weighted by Gasteiger charge is -2.12. The molecule has 1 aromatic carbocycles. The first-order valence-corrected chi connectivity index (χ1v) is 8.92. The van der Waals surface area contributed by atoms with Crippen LogP contribution in [0.5, 0.6) is 0 Å². The zero-order valence-electron chi connectivity index (χ0n) is 16.6. The van der Waals surface area contributed by atoms with Crippen LogP contribution in [0.3, 0.4) is 0 Å². The minimum Gasteiger partial charge on any atom is -0.459 e. The number of rotatable bonds is 6. The Kier molecular flexibility index (Phi) is 5.86. The number of para-hydroxylation sites is 1. The van der Waals surface area contributed by atoms with Gasteiger partial charge in [-0.25, -0.2) is 9.59 Å². The van der Waals surface area contributed by atoms with E-state index < -0.39 is 41.1 Å². The maximum atomic E-state index is 12.5. The van der Waals surface area contributed by atoms with Gasteiger partial charge in [0.25, 0.3) is 11.5 Å². The molecule has 2 aromatic heterocycles. The van der Waals surface area contributed by atoms with Gasteiger partial charge in [-0.2, -0.15) is 0 Å². The van der Waals surface area contributed by atoms with E-state index in [1.807, 2.05) is 0 Å². The van der Waals surface area contributed by atoms with Crippen LogP contribution in [0, 0.1) is 0 Å². The van der Waals surface area contributed by atoms with Gasteiger partial charge < -0.3 is 20.2 Å². The van der Waals surface area contributed by atoms with Crippen molar-refractivity contribution >= 4 is 29.2 Å². The first-order chi connectivity index (χ1) is 14.7. The molecule has 0 aliphatic carbocycles. The lowest BCUT2D eigenvalue weighted by Crippen LogP contribution is -2.42. The Labute approximate surface area is 174 Å². The zero-order valence-corrected chi connectivity index (χ0v) is 16.6. The van der Waals surface area contributed by atoms with Crippen LogP contribution in [0.25, 0.3) is 0 Å². The molecule has 0 atom stereocenters. The fourth-order valence-electron chi connectivity index (χ4n) is 2.76. The molecule has 0 saturated heterocycles.